The summed E-state index contributed by atoms with van der Waals surface area (Å²) in [5.74, 6) is -0.519. The summed E-state index contributed by atoms with van der Waals surface area (Å²) in [4.78, 5) is 10.5. The minimum Gasteiger partial charge on any atom is -0.382 e. The summed E-state index contributed by atoms with van der Waals surface area (Å²) in [6.07, 6.45) is 0. The molecule has 0 aromatic heterocycles. The molecule has 0 bridgehead atoms. The standard InChI is InChI=1S/C11H11BrN6O2/c1-5-6(2)10(9(18(19)20)3-7(5)12)17-16-8(4-13)11(14)15/h3,17H,1-2H3,(H3,14,15)/b16-8+. The number of halogens is 1. The Morgan fingerprint density at radius 1 is 1.60 bits per heavy atom. The number of hydrazone groups is 1. The smallest absolute Gasteiger partial charge is 0.295 e. The second-order valence-corrected chi connectivity index (χ2v) is 4.71. The van der Waals surface area contributed by atoms with E-state index in [1.807, 2.05) is 0 Å². The molecule has 1 rings (SSSR count). The summed E-state index contributed by atoms with van der Waals surface area (Å²) >= 11 is 3.24. The number of anilines is 1. The van der Waals surface area contributed by atoms with E-state index < -0.39 is 10.8 Å². The number of nitro groups is 1. The molecule has 0 spiro atoms. The number of rotatable bonds is 4. The van der Waals surface area contributed by atoms with Crippen LogP contribution in [0, 0.1) is 40.7 Å². The van der Waals surface area contributed by atoms with Crippen molar-refractivity contribution in [1.82, 2.24) is 0 Å². The summed E-state index contributed by atoms with van der Waals surface area (Å²) in [6, 6.07) is 2.97. The van der Waals surface area contributed by atoms with Crippen molar-refractivity contribution in [3.63, 3.8) is 0 Å². The van der Waals surface area contributed by atoms with Crippen LogP contribution in [0.5, 0.6) is 0 Å². The average Bonchev–Trinajstić information content (AvgIpc) is 2.38. The first-order valence-corrected chi connectivity index (χ1v) is 6.11. The van der Waals surface area contributed by atoms with Gasteiger partial charge < -0.3 is 5.73 Å². The van der Waals surface area contributed by atoms with Crippen molar-refractivity contribution in [3.05, 3.63) is 31.8 Å². The van der Waals surface area contributed by atoms with Crippen molar-refractivity contribution in [2.75, 3.05) is 5.43 Å². The lowest BCUT2D eigenvalue weighted by molar-refractivity contribution is -0.384. The number of nitrogens with zero attached hydrogens (tertiary/aromatic N) is 3. The maximum absolute atomic E-state index is 11.0. The van der Waals surface area contributed by atoms with Crippen LogP contribution < -0.4 is 11.2 Å². The number of benzene rings is 1. The van der Waals surface area contributed by atoms with Gasteiger partial charge in [-0.25, -0.2) is 0 Å². The number of hydrogen-bond donors (Lipinski definition) is 3. The molecule has 0 unspecified atom stereocenters. The minimum atomic E-state index is -0.561. The first-order chi connectivity index (χ1) is 9.29. The molecule has 0 aliphatic carbocycles. The Bertz CT molecular complexity index is 662. The lowest BCUT2D eigenvalue weighted by atomic mass is 10.1. The van der Waals surface area contributed by atoms with Gasteiger partial charge in [0.05, 0.1) is 4.92 Å². The van der Waals surface area contributed by atoms with Crippen LogP contribution in [0.3, 0.4) is 0 Å². The van der Waals surface area contributed by atoms with Gasteiger partial charge in [0.2, 0.25) is 5.71 Å². The number of nitrogens with one attached hydrogen (secondary N) is 2. The fourth-order valence-corrected chi connectivity index (χ4v) is 1.92. The van der Waals surface area contributed by atoms with E-state index in [1.54, 1.807) is 19.9 Å². The monoisotopic (exact) mass is 338 g/mol. The predicted molar refractivity (Wildman–Crippen MR) is 78.9 cm³/mol. The molecule has 0 aliphatic heterocycles. The molecular formula is C11H11BrN6O2. The molecule has 0 heterocycles. The molecule has 0 aliphatic rings. The van der Waals surface area contributed by atoms with Crippen LogP contribution in [-0.4, -0.2) is 16.5 Å². The predicted octanol–water partition coefficient (Wildman–Crippen LogP) is 2.20. The van der Waals surface area contributed by atoms with Crippen LogP contribution in [-0.2, 0) is 0 Å². The van der Waals surface area contributed by atoms with Gasteiger partial charge in [-0.15, -0.1) is 0 Å². The first kappa shape index (κ1) is 15.6. The molecule has 20 heavy (non-hydrogen) atoms. The first-order valence-electron chi connectivity index (χ1n) is 5.31. The molecule has 9 heteroatoms. The molecule has 0 saturated carbocycles. The Labute approximate surface area is 123 Å². The third kappa shape index (κ3) is 3.10. The third-order valence-corrected chi connectivity index (χ3v) is 3.48. The molecule has 104 valence electrons. The van der Waals surface area contributed by atoms with E-state index in [0.717, 1.165) is 5.56 Å². The minimum absolute atomic E-state index is 0.157. The van der Waals surface area contributed by atoms with Gasteiger partial charge in [-0.05, 0) is 25.0 Å². The van der Waals surface area contributed by atoms with Crippen molar-refractivity contribution in [2.24, 2.45) is 10.8 Å². The van der Waals surface area contributed by atoms with Gasteiger partial charge >= 0.3 is 0 Å². The molecule has 1 aromatic rings. The Hall–Kier alpha value is -2.47. The highest BCUT2D eigenvalue weighted by atomic mass is 79.9. The molecule has 0 saturated heterocycles. The largest absolute Gasteiger partial charge is 0.382 e. The highest BCUT2D eigenvalue weighted by Crippen LogP contribution is 2.35. The SMILES string of the molecule is Cc1c(Br)cc([N+](=O)[O-])c(N/N=C(\C#N)C(=N)N)c1C. The fourth-order valence-electron chi connectivity index (χ4n) is 1.40. The van der Waals surface area contributed by atoms with E-state index in [1.165, 1.54) is 6.07 Å². The normalized spacial score (nSPS) is 10.8. The van der Waals surface area contributed by atoms with E-state index in [2.05, 4.69) is 26.5 Å². The Morgan fingerprint density at radius 3 is 2.65 bits per heavy atom. The Morgan fingerprint density at radius 2 is 2.20 bits per heavy atom. The molecule has 0 fully saturated rings. The Kier molecular flexibility index (Phi) is 4.77. The third-order valence-electron chi connectivity index (χ3n) is 2.65. The zero-order valence-corrected chi connectivity index (χ0v) is 12.3. The van der Waals surface area contributed by atoms with Gasteiger partial charge in [-0.2, -0.15) is 10.4 Å². The van der Waals surface area contributed by atoms with Crippen molar-refractivity contribution < 1.29 is 4.92 Å². The van der Waals surface area contributed by atoms with Gasteiger partial charge in [-0.3, -0.25) is 20.9 Å². The van der Waals surface area contributed by atoms with Gasteiger partial charge in [-0.1, -0.05) is 15.9 Å². The second-order valence-electron chi connectivity index (χ2n) is 3.86. The van der Waals surface area contributed by atoms with Crippen LogP contribution in [0.2, 0.25) is 0 Å². The number of nitriles is 1. The summed E-state index contributed by atoms with van der Waals surface area (Å²) in [5.41, 5.74) is 8.62. The second kappa shape index (κ2) is 6.12. The summed E-state index contributed by atoms with van der Waals surface area (Å²) in [7, 11) is 0. The van der Waals surface area contributed by atoms with Crippen molar-refractivity contribution >= 4 is 38.9 Å². The van der Waals surface area contributed by atoms with Gasteiger partial charge in [0.1, 0.15) is 11.8 Å². The molecule has 4 N–H and O–H groups in total. The molecule has 1 aromatic carbocycles. The maximum Gasteiger partial charge on any atom is 0.295 e. The highest BCUT2D eigenvalue weighted by molar-refractivity contribution is 9.10. The van der Waals surface area contributed by atoms with Crippen molar-refractivity contribution in [1.29, 1.82) is 10.7 Å². The quantitative estimate of drug-likeness (QED) is 0.334. The highest BCUT2D eigenvalue weighted by Gasteiger charge is 2.20. The van der Waals surface area contributed by atoms with Gasteiger partial charge in [0.25, 0.3) is 5.69 Å². The van der Waals surface area contributed by atoms with E-state index in [0.29, 0.717) is 10.0 Å². The van der Waals surface area contributed by atoms with E-state index in [-0.39, 0.29) is 17.1 Å². The van der Waals surface area contributed by atoms with Crippen LogP contribution in [0.15, 0.2) is 15.6 Å². The number of nitrogens with two attached hydrogens (primary N) is 1. The Balaban J connectivity index is 3.38. The maximum atomic E-state index is 11.0. The number of nitro benzene ring substituents is 1. The van der Waals surface area contributed by atoms with Crippen molar-refractivity contribution in [3.8, 4) is 6.07 Å². The van der Waals surface area contributed by atoms with Crippen molar-refractivity contribution in [2.45, 2.75) is 13.8 Å². The average molecular weight is 339 g/mol. The molecule has 0 atom stereocenters. The fraction of sp³-hybridized carbons (Fsp3) is 0.182. The topological polar surface area (TPSA) is 141 Å². The molecular weight excluding hydrogens is 328 g/mol. The number of hydrogen-bond acceptors (Lipinski definition) is 6. The van der Waals surface area contributed by atoms with Crippen LogP contribution in [0.25, 0.3) is 0 Å². The summed E-state index contributed by atoms with van der Waals surface area (Å²) in [6.45, 7) is 3.47. The molecule has 8 nitrogen and oxygen atoms in total. The summed E-state index contributed by atoms with van der Waals surface area (Å²) < 4.78 is 0.600. The van der Waals surface area contributed by atoms with Gasteiger partial charge in [0, 0.05) is 10.5 Å². The lowest BCUT2D eigenvalue weighted by Crippen LogP contribution is -2.22. The zero-order valence-electron chi connectivity index (χ0n) is 10.7. The van der Waals surface area contributed by atoms with E-state index in [4.69, 9.17) is 16.4 Å². The van der Waals surface area contributed by atoms with E-state index in [9.17, 15) is 10.1 Å². The van der Waals surface area contributed by atoms with Crippen LogP contribution in [0.1, 0.15) is 11.1 Å². The van der Waals surface area contributed by atoms with E-state index >= 15 is 0 Å². The molecule has 0 amide bonds. The molecule has 0 radical (unpaired) electrons. The van der Waals surface area contributed by atoms with Crippen LogP contribution in [0.4, 0.5) is 11.4 Å². The van der Waals surface area contributed by atoms with Gasteiger partial charge in [0.15, 0.2) is 5.84 Å². The summed E-state index contributed by atoms with van der Waals surface area (Å²) in [5, 5.41) is 30.5. The number of amidine groups is 1. The lowest BCUT2D eigenvalue weighted by Gasteiger charge is -2.10. The zero-order chi connectivity index (χ0) is 15.4. The van der Waals surface area contributed by atoms with Crippen LogP contribution >= 0.6 is 15.9 Å².